The first-order valence-corrected chi connectivity index (χ1v) is 6.82. The number of imide groups is 1. The normalized spacial score (nSPS) is 21.9. The van der Waals surface area contributed by atoms with Crippen LogP contribution in [0.2, 0.25) is 0 Å². The Balaban J connectivity index is 1.82. The summed E-state index contributed by atoms with van der Waals surface area (Å²) in [5.41, 5.74) is 1.43. The molecule has 0 aliphatic carbocycles. The van der Waals surface area contributed by atoms with Crippen molar-refractivity contribution >= 4 is 28.7 Å². The first kappa shape index (κ1) is 12.2. The molecule has 2 aliphatic heterocycles. The lowest BCUT2D eigenvalue weighted by atomic mass is 10.00. The van der Waals surface area contributed by atoms with E-state index < -0.39 is 5.25 Å². The van der Waals surface area contributed by atoms with E-state index in [9.17, 15) is 14.4 Å². The number of thioether (sulfide) groups is 1. The predicted octanol–water partition coefficient (Wildman–Crippen LogP) is 1.55. The van der Waals surface area contributed by atoms with Gasteiger partial charge < -0.3 is 4.74 Å². The summed E-state index contributed by atoms with van der Waals surface area (Å²) >= 11 is 0.991. The summed E-state index contributed by atoms with van der Waals surface area (Å²) in [5, 5.41) is 1.53. The highest BCUT2D eigenvalue weighted by molar-refractivity contribution is 8.15. The maximum atomic E-state index is 11.8. The van der Waals surface area contributed by atoms with E-state index in [1.807, 2.05) is 6.07 Å². The first-order valence-electron chi connectivity index (χ1n) is 5.94. The molecule has 1 atom stereocenters. The van der Waals surface area contributed by atoms with Gasteiger partial charge in [-0.05, 0) is 24.1 Å². The molecule has 0 saturated carbocycles. The predicted molar refractivity (Wildman–Crippen MR) is 69.5 cm³/mol. The zero-order valence-electron chi connectivity index (χ0n) is 9.97. The molecule has 0 aromatic heterocycles. The highest BCUT2D eigenvalue weighted by Gasteiger charge is 2.31. The van der Waals surface area contributed by atoms with Crippen LogP contribution in [0.15, 0.2) is 18.2 Å². The molecule has 6 heteroatoms. The molecule has 98 valence electrons. The van der Waals surface area contributed by atoms with Crippen molar-refractivity contribution in [1.82, 2.24) is 5.32 Å². The van der Waals surface area contributed by atoms with Crippen LogP contribution in [-0.4, -0.2) is 28.8 Å². The Morgan fingerprint density at radius 2 is 2.16 bits per heavy atom. The summed E-state index contributed by atoms with van der Waals surface area (Å²) in [5.74, 6) is 0.387. The molecule has 3 rings (SSSR count). The van der Waals surface area contributed by atoms with Gasteiger partial charge in [-0.25, -0.2) is 0 Å². The first-order chi connectivity index (χ1) is 9.13. The molecule has 2 aliphatic rings. The standard InChI is InChI=1S/C13H11NO4S/c15-9-3-4-18-10-2-1-7(5-8(9)10)6-11-12(16)14-13(17)19-11/h1-2,5,11H,3-4,6H2,(H,14,16,17). The number of hydrogen-bond donors (Lipinski definition) is 1. The van der Waals surface area contributed by atoms with Crippen molar-refractivity contribution in [3.8, 4) is 5.75 Å². The molecule has 1 aromatic rings. The van der Waals surface area contributed by atoms with Crippen LogP contribution in [0, 0.1) is 0 Å². The Kier molecular flexibility index (Phi) is 3.02. The van der Waals surface area contributed by atoms with Crippen LogP contribution in [0.3, 0.4) is 0 Å². The Bertz CT molecular complexity index is 584. The highest BCUT2D eigenvalue weighted by Crippen LogP contribution is 2.28. The Hall–Kier alpha value is -1.82. The fraction of sp³-hybridized carbons (Fsp3) is 0.308. The molecule has 2 amide bonds. The maximum absolute atomic E-state index is 11.8. The number of amides is 2. The van der Waals surface area contributed by atoms with Gasteiger partial charge in [0.05, 0.1) is 17.4 Å². The summed E-state index contributed by atoms with van der Waals surface area (Å²) in [7, 11) is 0. The molecule has 1 saturated heterocycles. The van der Waals surface area contributed by atoms with Crippen molar-refractivity contribution in [3.63, 3.8) is 0 Å². The third-order valence-corrected chi connectivity index (χ3v) is 4.10. The second-order valence-corrected chi connectivity index (χ2v) is 5.62. The van der Waals surface area contributed by atoms with Gasteiger partial charge in [-0.2, -0.15) is 0 Å². The number of Topliss-reactive ketones (excluding diaryl/α,β-unsaturated/α-hetero) is 1. The summed E-state index contributed by atoms with van der Waals surface area (Å²) in [6.07, 6.45) is 0.816. The third-order valence-electron chi connectivity index (χ3n) is 3.12. The number of hydrogen-bond acceptors (Lipinski definition) is 5. The largest absolute Gasteiger partial charge is 0.492 e. The van der Waals surface area contributed by atoms with Crippen LogP contribution in [0.4, 0.5) is 4.79 Å². The van der Waals surface area contributed by atoms with E-state index in [0.717, 1.165) is 17.3 Å². The Morgan fingerprint density at radius 1 is 1.32 bits per heavy atom. The molecule has 1 N–H and O–H groups in total. The van der Waals surface area contributed by atoms with Crippen LogP contribution in [0.5, 0.6) is 5.75 Å². The molecule has 0 radical (unpaired) electrons. The van der Waals surface area contributed by atoms with Crippen molar-refractivity contribution in [2.45, 2.75) is 18.1 Å². The van der Waals surface area contributed by atoms with Crippen LogP contribution >= 0.6 is 11.8 Å². The Labute approximate surface area is 113 Å². The van der Waals surface area contributed by atoms with Crippen LogP contribution in [0.1, 0.15) is 22.3 Å². The van der Waals surface area contributed by atoms with E-state index >= 15 is 0 Å². The lowest BCUT2D eigenvalue weighted by Gasteiger charge is -2.17. The van der Waals surface area contributed by atoms with Crippen molar-refractivity contribution in [3.05, 3.63) is 29.3 Å². The lowest BCUT2D eigenvalue weighted by molar-refractivity contribution is -0.118. The van der Waals surface area contributed by atoms with E-state index in [-0.39, 0.29) is 16.9 Å². The summed E-state index contributed by atoms with van der Waals surface area (Å²) in [6.45, 7) is 0.417. The average molecular weight is 277 g/mol. The van der Waals surface area contributed by atoms with E-state index in [2.05, 4.69) is 5.32 Å². The molecule has 1 fully saturated rings. The summed E-state index contributed by atoms with van der Waals surface area (Å²) < 4.78 is 5.40. The minimum absolute atomic E-state index is 0.0581. The van der Waals surface area contributed by atoms with Crippen molar-refractivity contribution < 1.29 is 19.1 Å². The molecule has 0 spiro atoms. The fourth-order valence-electron chi connectivity index (χ4n) is 2.18. The van der Waals surface area contributed by atoms with Gasteiger partial charge in [0.25, 0.3) is 5.24 Å². The number of carbonyl (C=O) groups is 3. The molecular weight excluding hydrogens is 266 g/mol. The zero-order chi connectivity index (χ0) is 13.4. The van der Waals surface area contributed by atoms with Gasteiger partial charge >= 0.3 is 0 Å². The fourth-order valence-corrected chi connectivity index (χ4v) is 3.04. The van der Waals surface area contributed by atoms with Crippen molar-refractivity contribution in [2.24, 2.45) is 0 Å². The van der Waals surface area contributed by atoms with Crippen molar-refractivity contribution in [2.75, 3.05) is 6.61 Å². The van der Waals surface area contributed by atoms with Gasteiger partial charge in [0.15, 0.2) is 5.78 Å². The lowest BCUT2D eigenvalue weighted by Crippen LogP contribution is -2.25. The SMILES string of the molecule is O=C1NC(=O)C(Cc2ccc3c(c2)C(=O)CCO3)S1. The minimum Gasteiger partial charge on any atom is -0.492 e. The van der Waals surface area contributed by atoms with E-state index in [0.29, 0.717) is 30.8 Å². The molecule has 1 unspecified atom stereocenters. The average Bonchev–Trinajstić information content (AvgIpc) is 2.69. The molecule has 0 bridgehead atoms. The number of carbonyl (C=O) groups excluding carboxylic acids is 3. The van der Waals surface area contributed by atoms with Gasteiger partial charge in [-0.1, -0.05) is 17.8 Å². The molecule has 2 heterocycles. The topological polar surface area (TPSA) is 72.5 Å². The molecular formula is C13H11NO4S. The van der Waals surface area contributed by atoms with Crippen LogP contribution in [-0.2, 0) is 11.2 Å². The number of fused-ring (bicyclic) bond motifs is 1. The second-order valence-electron chi connectivity index (χ2n) is 4.44. The smallest absolute Gasteiger partial charge is 0.286 e. The summed E-state index contributed by atoms with van der Waals surface area (Å²) in [4.78, 5) is 34.4. The van der Waals surface area contributed by atoms with E-state index in [1.54, 1.807) is 12.1 Å². The number of benzene rings is 1. The maximum Gasteiger partial charge on any atom is 0.286 e. The van der Waals surface area contributed by atoms with Crippen LogP contribution in [0.25, 0.3) is 0 Å². The van der Waals surface area contributed by atoms with Gasteiger partial charge in [0.1, 0.15) is 5.75 Å². The van der Waals surface area contributed by atoms with Gasteiger partial charge in [0.2, 0.25) is 5.91 Å². The minimum atomic E-state index is -0.412. The number of nitrogens with one attached hydrogen (secondary N) is 1. The van der Waals surface area contributed by atoms with Gasteiger partial charge in [0, 0.05) is 6.42 Å². The van der Waals surface area contributed by atoms with E-state index in [4.69, 9.17) is 4.74 Å². The molecule has 19 heavy (non-hydrogen) atoms. The van der Waals surface area contributed by atoms with E-state index in [1.165, 1.54) is 0 Å². The quantitative estimate of drug-likeness (QED) is 0.888. The number of ether oxygens (including phenoxy) is 1. The van der Waals surface area contributed by atoms with Crippen molar-refractivity contribution in [1.29, 1.82) is 0 Å². The zero-order valence-corrected chi connectivity index (χ0v) is 10.8. The highest BCUT2D eigenvalue weighted by atomic mass is 32.2. The molecule has 5 nitrogen and oxygen atoms in total. The second kappa shape index (κ2) is 4.70. The van der Waals surface area contributed by atoms with Gasteiger partial charge in [-0.15, -0.1) is 0 Å². The number of ketones is 1. The summed E-state index contributed by atoms with van der Waals surface area (Å²) in [6, 6.07) is 5.34. The third kappa shape index (κ3) is 2.35. The Morgan fingerprint density at radius 3 is 2.89 bits per heavy atom. The molecule has 1 aromatic carbocycles. The monoisotopic (exact) mass is 277 g/mol. The van der Waals surface area contributed by atoms with Gasteiger partial charge in [-0.3, -0.25) is 19.7 Å². The van der Waals surface area contributed by atoms with Crippen LogP contribution < -0.4 is 10.1 Å². The number of rotatable bonds is 2.